The molecular formula is C13H20N2O3S. The largest absolute Gasteiger partial charge is 0.480 e. The Bertz CT molecular complexity index is 390. The first-order chi connectivity index (χ1) is 9.18. The van der Waals surface area contributed by atoms with E-state index in [-0.39, 0.29) is 11.9 Å². The molecular weight excluding hydrogens is 264 g/mol. The van der Waals surface area contributed by atoms with Crippen molar-refractivity contribution < 1.29 is 14.7 Å². The summed E-state index contributed by atoms with van der Waals surface area (Å²) in [5, 5.41) is 12.6. The molecule has 0 radical (unpaired) electrons. The van der Waals surface area contributed by atoms with E-state index in [1.807, 2.05) is 0 Å². The molecule has 1 saturated carbocycles. The van der Waals surface area contributed by atoms with E-state index in [1.54, 1.807) is 16.7 Å². The van der Waals surface area contributed by atoms with Crippen LogP contribution in [0.2, 0.25) is 0 Å². The molecule has 2 N–H and O–H groups in total. The van der Waals surface area contributed by atoms with Crippen molar-refractivity contribution in [1.82, 2.24) is 10.2 Å². The predicted molar refractivity (Wildman–Crippen MR) is 73.1 cm³/mol. The van der Waals surface area contributed by atoms with Gasteiger partial charge in [0.1, 0.15) is 6.04 Å². The zero-order valence-corrected chi connectivity index (χ0v) is 11.7. The number of hydrogen-bond acceptors (Lipinski definition) is 4. The van der Waals surface area contributed by atoms with Crippen molar-refractivity contribution in [2.24, 2.45) is 11.8 Å². The van der Waals surface area contributed by atoms with Crippen molar-refractivity contribution in [3.8, 4) is 0 Å². The molecule has 5 nitrogen and oxygen atoms in total. The highest BCUT2D eigenvalue weighted by atomic mass is 32.2. The second kappa shape index (κ2) is 5.32. The smallest absolute Gasteiger partial charge is 0.327 e. The predicted octanol–water partition coefficient (Wildman–Crippen LogP) is 0.403. The minimum absolute atomic E-state index is 0.0158. The maximum absolute atomic E-state index is 12.6. The number of thioether (sulfide) groups is 1. The minimum atomic E-state index is -0.874. The zero-order chi connectivity index (χ0) is 13.4. The van der Waals surface area contributed by atoms with E-state index < -0.39 is 12.0 Å². The van der Waals surface area contributed by atoms with Crippen LogP contribution in [0, 0.1) is 11.8 Å². The van der Waals surface area contributed by atoms with Crippen molar-refractivity contribution in [3.63, 3.8) is 0 Å². The number of carboxylic acid groups (broad SMARTS) is 1. The molecule has 0 aromatic rings. The van der Waals surface area contributed by atoms with Crippen LogP contribution < -0.4 is 5.32 Å². The van der Waals surface area contributed by atoms with Crippen LogP contribution in [0.1, 0.15) is 19.3 Å². The molecule has 0 spiro atoms. The normalized spacial score (nSPS) is 38.2. The lowest BCUT2D eigenvalue weighted by molar-refractivity contribution is -0.150. The Morgan fingerprint density at radius 3 is 2.95 bits per heavy atom. The SMILES string of the molecule is O=C(O)C1CSCCN1C(=O)C1NCC2CCCC21. The number of aliphatic carboxylic acids is 1. The number of nitrogens with zero attached hydrogens (tertiary/aromatic N) is 1. The summed E-state index contributed by atoms with van der Waals surface area (Å²) in [6, 6.07) is -0.786. The highest BCUT2D eigenvalue weighted by molar-refractivity contribution is 7.99. The average molecular weight is 284 g/mol. The van der Waals surface area contributed by atoms with Crippen LogP contribution in [0.5, 0.6) is 0 Å². The maximum atomic E-state index is 12.6. The molecule has 4 atom stereocenters. The number of nitrogens with one attached hydrogen (secondary N) is 1. The van der Waals surface area contributed by atoms with Gasteiger partial charge in [-0.05, 0) is 31.2 Å². The van der Waals surface area contributed by atoms with Crippen molar-refractivity contribution in [2.45, 2.75) is 31.3 Å². The molecule has 3 rings (SSSR count). The number of carbonyl (C=O) groups excluding carboxylic acids is 1. The third-order valence-electron chi connectivity index (χ3n) is 4.71. The van der Waals surface area contributed by atoms with Crippen LogP contribution in [0.4, 0.5) is 0 Å². The Kier molecular flexibility index (Phi) is 3.71. The van der Waals surface area contributed by atoms with Crippen LogP contribution in [0.3, 0.4) is 0 Å². The van der Waals surface area contributed by atoms with Crippen LogP contribution >= 0.6 is 11.8 Å². The number of hydrogen-bond donors (Lipinski definition) is 2. The molecule has 3 fully saturated rings. The highest BCUT2D eigenvalue weighted by Crippen LogP contribution is 2.38. The average Bonchev–Trinajstić information content (AvgIpc) is 3.00. The molecule has 0 aromatic carbocycles. The molecule has 0 bridgehead atoms. The fourth-order valence-corrected chi connectivity index (χ4v) is 4.75. The highest BCUT2D eigenvalue weighted by Gasteiger charge is 2.45. The number of fused-ring (bicyclic) bond motifs is 1. The van der Waals surface area contributed by atoms with Crippen molar-refractivity contribution in [2.75, 3.05) is 24.6 Å². The summed E-state index contributed by atoms with van der Waals surface area (Å²) in [7, 11) is 0. The van der Waals surface area contributed by atoms with E-state index in [0.29, 0.717) is 24.1 Å². The van der Waals surface area contributed by atoms with Gasteiger partial charge in [-0.15, -0.1) is 0 Å². The first kappa shape index (κ1) is 13.2. The third-order valence-corrected chi connectivity index (χ3v) is 5.73. The van der Waals surface area contributed by atoms with E-state index in [2.05, 4.69) is 5.32 Å². The maximum Gasteiger partial charge on any atom is 0.327 e. The fraction of sp³-hybridized carbons (Fsp3) is 0.846. The van der Waals surface area contributed by atoms with Gasteiger partial charge in [-0.1, -0.05) is 6.42 Å². The van der Waals surface area contributed by atoms with E-state index in [1.165, 1.54) is 12.8 Å². The number of carboxylic acids is 1. The van der Waals surface area contributed by atoms with Gasteiger partial charge in [0.25, 0.3) is 0 Å². The molecule has 6 heteroatoms. The Morgan fingerprint density at radius 1 is 1.32 bits per heavy atom. The second-order valence-electron chi connectivity index (χ2n) is 5.70. The number of amides is 1. The lowest BCUT2D eigenvalue weighted by Gasteiger charge is -2.35. The molecule has 1 aliphatic carbocycles. The summed E-state index contributed by atoms with van der Waals surface area (Å²) >= 11 is 1.62. The van der Waals surface area contributed by atoms with Crippen LogP contribution in [0.25, 0.3) is 0 Å². The van der Waals surface area contributed by atoms with Gasteiger partial charge >= 0.3 is 5.97 Å². The van der Waals surface area contributed by atoms with Gasteiger partial charge < -0.3 is 15.3 Å². The lowest BCUT2D eigenvalue weighted by atomic mass is 9.93. The van der Waals surface area contributed by atoms with E-state index >= 15 is 0 Å². The molecule has 19 heavy (non-hydrogen) atoms. The topological polar surface area (TPSA) is 69.6 Å². The van der Waals surface area contributed by atoms with Crippen molar-refractivity contribution in [3.05, 3.63) is 0 Å². The van der Waals surface area contributed by atoms with Crippen molar-refractivity contribution >= 4 is 23.6 Å². The van der Waals surface area contributed by atoms with Gasteiger partial charge in [0.05, 0.1) is 6.04 Å². The van der Waals surface area contributed by atoms with Crippen LogP contribution in [0.15, 0.2) is 0 Å². The third kappa shape index (κ3) is 2.36. The molecule has 2 saturated heterocycles. The zero-order valence-electron chi connectivity index (χ0n) is 10.9. The fourth-order valence-electron chi connectivity index (χ4n) is 3.71. The minimum Gasteiger partial charge on any atom is -0.480 e. The Labute approximate surface area is 117 Å². The number of rotatable bonds is 2. The quantitative estimate of drug-likeness (QED) is 0.768. The monoisotopic (exact) mass is 284 g/mol. The second-order valence-corrected chi connectivity index (χ2v) is 6.85. The van der Waals surface area contributed by atoms with Gasteiger partial charge in [-0.3, -0.25) is 4.79 Å². The summed E-state index contributed by atoms with van der Waals surface area (Å²) < 4.78 is 0. The first-order valence-electron chi connectivity index (χ1n) is 7.03. The molecule has 1 amide bonds. The van der Waals surface area contributed by atoms with Crippen molar-refractivity contribution in [1.29, 1.82) is 0 Å². The summed E-state index contributed by atoms with van der Waals surface area (Å²) in [5.41, 5.74) is 0. The summed E-state index contributed by atoms with van der Waals surface area (Å²) in [4.78, 5) is 25.5. The van der Waals surface area contributed by atoms with Gasteiger partial charge in [0.15, 0.2) is 0 Å². The van der Waals surface area contributed by atoms with Gasteiger partial charge in [-0.2, -0.15) is 11.8 Å². The van der Waals surface area contributed by atoms with Gasteiger partial charge in [0, 0.05) is 18.1 Å². The molecule has 4 unspecified atom stereocenters. The van der Waals surface area contributed by atoms with E-state index in [9.17, 15) is 14.7 Å². The van der Waals surface area contributed by atoms with E-state index in [0.717, 1.165) is 18.7 Å². The Hall–Kier alpha value is -0.750. The first-order valence-corrected chi connectivity index (χ1v) is 8.18. The standard InChI is InChI=1S/C13H20N2O3S/c16-12(11-9-3-1-2-8(9)6-14-11)15-4-5-19-7-10(15)13(17)18/h8-11,14H,1-7H2,(H,17,18). The summed E-state index contributed by atoms with van der Waals surface area (Å²) in [6.45, 7) is 1.48. The summed E-state index contributed by atoms with van der Waals surface area (Å²) in [5.74, 6) is 1.55. The lowest BCUT2D eigenvalue weighted by Crippen LogP contribution is -2.56. The molecule has 2 heterocycles. The molecule has 3 aliphatic rings. The van der Waals surface area contributed by atoms with Crippen LogP contribution in [-0.2, 0) is 9.59 Å². The Morgan fingerprint density at radius 2 is 2.16 bits per heavy atom. The summed E-state index contributed by atoms with van der Waals surface area (Å²) in [6.07, 6.45) is 3.52. The molecule has 2 aliphatic heterocycles. The molecule has 106 valence electrons. The molecule has 0 aromatic heterocycles. The van der Waals surface area contributed by atoms with E-state index in [4.69, 9.17) is 0 Å². The Balaban J connectivity index is 1.73. The van der Waals surface area contributed by atoms with Crippen LogP contribution in [-0.4, -0.2) is 58.6 Å². The number of carbonyl (C=O) groups is 2. The van der Waals surface area contributed by atoms with Gasteiger partial charge in [-0.25, -0.2) is 4.79 Å². The van der Waals surface area contributed by atoms with Gasteiger partial charge in [0.2, 0.25) is 5.91 Å².